The van der Waals surface area contributed by atoms with E-state index >= 15 is 0 Å². The zero-order chi connectivity index (χ0) is 26.3. The number of pyridine rings is 1. The minimum Gasteiger partial charge on any atom is -0.475 e. The van der Waals surface area contributed by atoms with Gasteiger partial charge in [0.15, 0.2) is 5.60 Å². The van der Waals surface area contributed by atoms with E-state index in [4.69, 9.17) is 14.2 Å². The number of esters is 1. The molecule has 0 bridgehead atoms. The van der Waals surface area contributed by atoms with Gasteiger partial charge in [-0.3, -0.25) is 9.59 Å². The Hall–Kier alpha value is -3.89. The van der Waals surface area contributed by atoms with E-state index in [1.54, 1.807) is 61.8 Å². The molecule has 2 aromatic rings. The largest absolute Gasteiger partial charge is 0.475 e. The molecule has 1 aliphatic rings. The highest BCUT2D eigenvalue weighted by Gasteiger charge is 2.33. The Morgan fingerprint density at radius 2 is 1.61 bits per heavy atom. The number of hydrogen-bond acceptors (Lipinski definition) is 8. The molecule has 0 saturated carbocycles. The van der Waals surface area contributed by atoms with Gasteiger partial charge >= 0.3 is 12.1 Å². The molecule has 0 radical (unpaired) electrons. The number of amides is 3. The average molecular weight is 501 g/mol. The van der Waals surface area contributed by atoms with Gasteiger partial charge in [0.25, 0.3) is 5.91 Å². The lowest BCUT2D eigenvalue weighted by Crippen LogP contribution is -2.52. The SMILES string of the molecule is CCOC(=O)N1CCN(C(=O)CNC(=O)c2cc(OC(C)(C)C(=O)OCC)c3ccccc3n2)CC1. The van der Waals surface area contributed by atoms with Crippen molar-refractivity contribution in [2.75, 3.05) is 45.9 Å². The van der Waals surface area contributed by atoms with E-state index in [1.165, 1.54) is 6.07 Å². The van der Waals surface area contributed by atoms with E-state index in [0.717, 1.165) is 0 Å². The number of hydrogen-bond donors (Lipinski definition) is 1. The summed E-state index contributed by atoms with van der Waals surface area (Å²) in [6.07, 6.45) is -0.399. The van der Waals surface area contributed by atoms with Crippen LogP contribution in [0.3, 0.4) is 0 Å². The summed E-state index contributed by atoms with van der Waals surface area (Å²) in [4.78, 5) is 57.2. The van der Waals surface area contributed by atoms with Gasteiger partial charge in [0.05, 0.1) is 25.3 Å². The van der Waals surface area contributed by atoms with Crippen LogP contribution in [0.1, 0.15) is 38.2 Å². The molecule has 1 aromatic heterocycles. The predicted octanol–water partition coefficient (Wildman–Crippen LogP) is 1.99. The van der Waals surface area contributed by atoms with E-state index < -0.39 is 23.6 Å². The Balaban J connectivity index is 1.68. The second kappa shape index (κ2) is 11.7. The molecule has 1 saturated heterocycles. The van der Waals surface area contributed by atoms with Gasteiger partial charge in [-0.15, -0.1) is 0 Å². The van der Waals surface area contributed by atoms with Crippen LogP contribution in [0.4, 0.5) is 4.79 Å². The lowest BCUT2D eigenvalue weighted by molar-refractivity contribution is -0.158. The number of carbonyl (C=O) groups excluding carboxylic acids is 4. The van der Waals surface area contributed by atoms with Gasteiger partial charge in [-0.2, -0.15) is 0 Å². The molecule has 11 nitrogen and oxygen atoms in total. The number of carbonyl (C=O) groups is 4. The minimum absolute atomic E-state index is 0.0447. The van der Waals surface area contributed by atoms with Crippen LogP contribution in [-0.4, -0.2) is 90.2 Å². The van der Waals surface area contributed by atoms with Gasteiger partial charge in [0, 0.05) is 37.6 Å². The molecular weight excluding hydrogens is 468 g/mol. The molecule has 3 amide bonds. The van der Waals surface area contributed by atoms with Crippen molar-refractivity contribution in [2.24, 2.45) is 0 Å². The van der Waals surface area contributed by atoms with Crippen LogP contribution in [0.5, 0.6) is 5.75 Å². The maximum atomic E-state index is 12.9. The van der Waals surface area contributed by atoms with E-state index in [0.29, 0.717) is 49.4 Å². The first-order valence-electron chi connectivity index (χ1n) is 11.9. The molecule has 11 heteroatoms. The zero-order valence-corrected chi connectivity index (χ0v) is 21.0. The number of nitrogens with one attached hydrogen (secondary N) is 1. The Bertz CT molecular complexity index is 1130. The normalized spacial score (nSPS) is 13.8. The fraction of sp³-hybridized carbons (Fsp3) is 0.480. The first-order chi connectivity index (χ1) is 17.2. The van der Waals surface area contributed by atoms with Crippen LogP contribution in [0.2, 0.25) is 0 Å². The predicted molar refractivity (Wildman–Crippen MR) is 131 cm³/mol. The molecule has 1 fully saturated rings. The maximum absolute atomic E-state index is 12.9. The van der Waals surface area contributed by atoms with Gasteiger partial charge < -0.3 is 29.3 Å². The number of nitrogens with zero attached hydrogens (tertiary/aromatic N) is 3. The quantitative estimate of drug-likeness (QED) is 0.545. The molecule has 36 heavy (non-hydrogen) atoms. The topological polar surface area (TPSA) is 127 Å². The van der Waals surface area contributed by atoms with Crippen molar-refractivity contribution in [1.82, 2.24) is 20.1 Å². The monoisotopic (exact) mass is 500 g/mol. The highest BCUT2D eigenvalue weighted by atomic mass is 16.6. The zero-order valence-electron chi connectivity index (χ0n) is 21.0. The molecule has 3 rings (SSSR count). The maximum Gasteiger partial charge on any atom is 0.409 e. The standard InChI is InChI=1S/C25H32N4O7/c1-5-34-23(32)25(3,4)36-20-15-19(27-18-10-8-7-9-17(18)20)22(31)26-16-21(30)28-11-13-29(14-12-28)24(33)35-6-2/h7-10,15H,5-6,11-14,16H2,1-4H3,(H,26,31). The molecule has 0 aliphatic carbocycles. The van der Waals surface area contributed by atoms with Crippen molar-refractivity contribution >= 4 is 34.8 Å². The van der Waals surface area contributed by atoms with Crippen LogP contribution < -0.4 is 10.1 Å². The summed E-state index contributed by atoms with van der Waals surface area (Å²) in [7, 11) is 0. The van der Waals surface area contributed by atoms with Crippen LogP contribution in [0, 0.1) is 0 Å². The second-order valence-electron chi connectivity index (χ2n) is 8.61. The van der Waals surface area contributed by atoms with E-state index in [1.807, 2.05) is 0 Å². The fourth-order valence-corrected chi connectivity index (χ4v) is 3.68. The summed E-state index contributed by atoms with van der Waals surface area (Å²) in [5, 5.41) is 3.23. The third-order valence-electron chi connectivity index (χ3n) is 5.60. The van der Waals surface area contributed by atoms with Crippen molar-refractivity contribution in [3.05, 3.63) is 36.0 Å². The molecule has 194 valence electrons. The van der Waals surface area contributed by atoms with Crippen molar-refractivity contribution < 1.29 is 33.4 Å². The number of para-hydroxylation sites is 1. The van der Waals surface area contributed by atoms with Gasteiger partial charge in [0.1, 0.15) is 11.4 Å². The Morgan fingerprint density at radius 3 is 2.28 bits per heavy atom. The van der Waals surface area contributed by atoms with Crippen molar-refractivity contribution in [3.63, 3.8) is 0 Å². The molecule has 0 spiro atoms. The summed E-state index contributed by atoms with van der Waals surface area (Å²) in [6.45, 7) is 8.32. The van der Waals surface area contributed by atoms with Gasteiger partial charge in [-0.05, 0) is 39.8 Å². The summed E-state index contributed by atoms with van der Waals surface area (Å²) < 4.78 is 16.1. The Labute approximate surface area is 209 Å². The molecule has 1 aliphatic heterocycles. The third kappa shape index (κ3) is 6.41. The molecule has 0 unspecified atom stereocenters. The van der Waals surface area contributed by atoms with E-state index in [-0.39, 0.29) is 24.8 Å². The lowest BCUT2D eigenvalue weighted by Gasteiger charge is -2.34. The molecule has 2 heterocycles. The van der Waals surface area contributed by atoms with E-state index in [2.05, 4.69) is 10.3 Å². The molecule has 0 atom stereocenters. The molecule has 1 N–H and O–H groups in total. The number of rotatable bonds is 8. The fourth-order valence-electron chi connectivity index (χ4n) is 3.68. The highest BCUT2D eigenvalue weighted by molar-refractivity contribution is 5.98. The van der Waals surface area contributed by atoms with Crippen molar-refractivity contribution in [1.29, 1.82) is 0 Å². The van der Waals surface area contributed by atoms with Gasteiger partial charge in [-0.1, -0.05) is 12.1 Å². The molecule has 1 aromatic carbocycles. The molecular formula is C25H32N4O7. The Kier molecular flexibility index (Phi) is 8.68. The first kappa shape index (κ1) is 26.7. The number of benzene rings is 1. The van der Waals surface area contributed by atoms with Crippen LogP contribution >= 0.6 is 0 Å². The first-order valence-corrected chi connectivity index (χ1v) is 11.9. The van der Waals surface area contributed by atoms with Gasteiger partial charge in [-0.25, -0.2) is 14.6 Å². The summed E-state index contributed by atoms with van der Waals surface area (Å²) in [5.74, 6) is -1.07. The number of aromatic nitrogens is 1. The number of ether oxygens (including phenoxy) is 3. The Morgan fingerprint density at radius 1 is 0.972 bits per heavy atom. The van der Waals surface area contributed by atoms with Crippen LogP contribution in [0.25, 0.3) is 10.9 Å². The summed E-state index contributed by atoms with van der Waals surface area (Å²) in [5.41, 5.74) is -0.750. The third-order valence-corrected chi connectivity index (χ3v) is 5.60. The van der Waals surface area contributed by atoms with Crippen LogP contribution in [-0.2, 0) is 19.1 Å². The highest BCUT2D eigenvalue weighted by Crippen LogP contribution is 2.29. The second-order valence-corrected chi connectivity index (χ2v) is 8.61. The van der Waals surface area contributed by atoms with Gasteiger partial charge in [0.2, 0.25) is 5.91 Å². The van der Waals surface area contributed by atoms with Crippen molar-refractivity contribution in [2.45, 2.75) is 33.3 Å². The smallest absolute Gasteiger partial charge is 0.409 e. The number of fused-ring (bicyclic) bond motifs is 1. The average Bonchev–Trinajstić information content (AvgIpc) is 2.87. The number of piperazine rings is 1. The summed E-state index contributed by atoms with van der Waals surface area (Å²) >= 11 is 0. The minimum atomic E-state index is -1.30. The summed E-state index contributed by atoms with van der Waals surface area (Å²) in [6, 6.07) is 8.52. The van der Waals surface area contributed by atoms with Crippen molar-refractivity contribution in [3.8, 4) is 5.75 Å². The lowest BCUT2D eigenvalue weighted by atomic mass is 10.1. The van der Waals surface area contributed by atoms with E-state index in [9.17, 15) is 19.2 Å². The van der Waals surface area contributed by atoms with Crippen LogP contribution in [0.15, 0.2) is 30.3 Å².